The van der Waals surface area contributed by atoms with Crippen LogP contribution in [0.5, 0.6) is 0 Å². The van der Waals surface area contributed by atoms with Crippen molar-refractivity contribution in [2.45, 2.75) is 330 Å². The Morgan fingerprint density at radius 2 is 0.784 bits per heavy atom. The largest absolute Gasteiger partial charge is 0.394 e. The van der Waals surface area contributed by atoms with E-state index in [0.29, 0.717) is 12.8 Å². The monoisotopic (exact) mass is 1250 g/mol. The van der Waals surface area contributed by atoms with Crippen molar-refractivity contribution in [3.63, 3.8) is 0 Å². The minimum atomic E-state index is -1.97. The molecule has 1 amide bonds. The number of amides is 1. The molecule has 17 unspecified atom stereocenters. The zero-order chi connectivity index (χ0) is 64.0. The van der Waals surface area contributed by atoms with E-state index in [-0.39, 0.29) is 18.9 Å². The van der Waals surface area contributed by atoms with Gasteiger partial charge in [-0.3, -0.25) is 4.79 Å². The number of allylic oxidation sites excluding steroid dienone is 12. The fourth-order valence-corrected chi connectivity index (χ4v) is 11.3. The van der Waals surface area contributed by atoms with E-state index in [1.54, 1.807) is 0 Å². The average molecular weight is 1250 g/mol. The van der Waals surface area contributed by atoms with Crippen LogP contribution >= 0.6 is 0 Å². The molecule has 3 saturated heterocycles. The molecule has 0 radical (unpaired) electrons. The summed E-state index contributed by atoms with van der Waals surface area (Å²) in [5.41, 5.74) is 0. The van der Waals surface area contributed by atoms with Gasteiger partial charge in [0.05, 0.1) is 38.6 Å². The van der Waals surface area contributed by atoms with Crippen molar-refractivity contribution in [1.82, 2.24) is 5.32 Å². The van der Waals surface area contributed by atoms with Gasteiger partial charge >= 0.3 is 0 Å². The summed E-state index contributed by atoms with van der Waals surface area (Å²) in [5, 5.41) is 121. The number of aliphatic hydroxyl groups is 11. The minimum absolute atomic E-state index is 0.250. The molecule has 19 nitrogen and oxygen atoms in total. The van der Waals surface area contributed by atoms with Crippen molar-refractivity contribution in [1.29, 1.82) is 0 Å². The Labute approximate surface area is 528 Å². The van der Waals surface area contributed by atoms with Gasteiger partial charge < -0.3 is 89.9 Å². The highest BCUT2D eigenvalue weighted by Gasteiger charge is 2.53. The molecule has 3 fully saturated rings. The van der Waals surface area contributed by atoms with Crippen LogP contribution in [0.15, 0.2) is 72.9 Å². The summed E-state index contributed by atoms with van der Waals surface area (Å²) in [5.74, 6) is -0.250. The van der Waals surface area contributed by atoms with Gasteiger partial charge in [0.1, 0.15) is 73.2 Å². The molecular formula is C69H121NO18. The number of hydrogen-bond donors (Lipinski definition) is 12. The molecule has 0 aromatic rings. The lowest BCUT2D eigenvalue weighted by Crippen LogP contribution is -2.66. The van der Waals surface area contributed by atoms with E-state index >= 15 is 0 Å². The lowest BCUT2D eigenvalue weighted by Gasteiger charge is -2.48. The third-order valence-electron chi connectivity index (χ3n) is 16.8. The summed E-state index contributed by atoms with van der Waals surface area (Å²) < 4.78 is 34.4. The van der Waals surface area contributed by atoms with E-state index in [2.05, 4.69) is 92.1 Å². The van der Waals surface area contributed by atoms with Crippen LogP contribution in [0.4, 0.5) is 0 Å². The molecule has 17 atom stereocenters. The Morgan fingerprint density at radius 3 is 1.23 bits per heavy atom. The molecule has 0 spiro atoms. The first kappa shape index (κ1) is 79.5. The zero-order valence-electron chi connectivity index (χ0n) is 53.7. The van der Waals surface area contributed by atoms with Crippen LogP contribution in [0.25, 0.3) is 0 Å². The lowest BCUT2D eigenvalue weighted by atomic mass is 9.96. The van der Waals surface area contributed by atoms with Crippen molar-refractivity contribution in [2.24, 2.45) is 0 Å². The van der Waals surface area contributed by atoms with Gasteiger partial charge in [0, 0.05) is 6.42 Å². The van der Waals surface area contributed by atoms with Gasteiger partial charge in [0.25, 0.3) is 0 Å². The highest BCUT2D eigenvalue weighted by atomic mass is 16.8. The Kier molecular flexibility index (Phi) is 45.8. The maximum Gasteiger partial charge on any atom is 0.220 e. The van der Waals surface area contributed by atoms with Crippen molar-refractivity contribution in [2.75, 3.05) is 26.4 Å². The standard InChI is InChI=1S/C69H121NO18/c1-3-5-7-9-11-13-15-17-19-20-21-22-23-24-25-26-27-28-29-30-31-32-33-35-37-39-41-43-45-47-57(75)70-52(53(74)46-44-42-40-38-36-34-18-16-14-12-10-8-6-4-2)51-83-67-63(81)60(78)65(55(49-72)85-67)88-69-64(82)61(79)66(56(50-73)86-69)87-68-62(80)59(77)58(76)54(48-71)84-68/h5,7,11,13,17,19,21-22,24-25,27-28,52-56,58-69,71-74,76-82H,3-4,6,8-10,12,14-16,18,20,23,26,29-51H2,1-2H3,(H,70,75)/b7-5-,13-11-,19-17-,22-21-,25-24-,28-27-. The van der Waals surface area contributed by atoms with Crippen molar-refractivity contribution < 1.29 is 89.4 Å². The lowest BCUT2D eigenvalue weighted by molar-refractivity contribution is -0.379. The van der Waals surface area contributed by atoms with Crippen molar-refractivity contribution >= 4 is 5.91 Å². The van der Waals surface area contributed by atoms with Gasteiger partial charge in [0.15, 0.2) is 18.9 Å². The highest BCUT2D eigenvalue weighted by molar-refractivity contribution is 5.76. The molecule has 0 saturated carbocycles. The van der Waals surface area contributed by atoms with Crippen LogP contribution in [0, 0.1) is 0 Å². The number of hydrogen-bond acceptors (Lipinski definition) is 18. The predicted octanol–water partition coefficient (Wildman–Crippen LogP) is 8.55. The summed E-state index contributed by atoms with van der Waals surface area (Å²) in [4.78, 5) is 13.4. The molecule has 88 heavy (non-hydrogen) atoms. The smallest absolute Gasteiger partial charge is 0.220 e. The number of carbonyl (C=O) groups is 1. The van der Waals surface area contributed by atoms with Gasteiger partial charge in [-0.25, -0.2) is 0 Å². The van der Waals surface area contributed by atoms with Crippen LogP contribution in [0.1, 0.15) is 226 Å². The third-order valence-corrected chi connectivity index (χ3v) is 16.8. The first-order valence-electron chi connectivity index (χ1n) is 34.2. The molecule has 0 aliphatic carbocycles. The molecule has 0 aromatic carbocycles. The molecule has 0 aromatic heterocycles. The number of nitrogens with one attached hydrogen (secondary N) is 1. The normalized spacial score (nSPS) is 28.9. The SMILES string of the molecule is CC/C=C\C/C=C\C/C=C\C/C=C\C/C=C\C/C=C\CCCCCCCCCCCCC(=O)NC(COC1OC(CO)C(OC2OC(CO)C(OC3OC(CO)C(O)C(O)C3O)C(O)C2O)C(O)C1O)C(O)CCCCCCCCCCCCCCCC. The van der Waals surface area contributed by atoms with Crippen LogP contribution in [-0.2, 0) is 33.2 Å². The molecule has 3 rings (SSSR count). The molecule has 3 heterocycles. The Balaban J connectivity index is 1.40. The van der Waals surface area contributed by atoms with E-state index in [1.807, 2.05) is 0 Å². The first-order chi connectivity index (χ1) is 42.8. The second-order valence-corrected chi connectivity index (χ2v) is 24.3. The maximum absolute atomic E-state index is 13.4. The van der Waals surface area contributed by atoms with Gasteiger partial charge in [-0.15, -0.1) is 0 Å². The second-order valence-electron chi connectivity index (χ2n) is 24.3. The Bertz CT molecular complexity index is 1880. The Morgan fingerprint density at radius 1 is 0.420 bits per heavy atom. The van der Waals surface area contributed by atoms with E-state index in [1.165, 1.54) is 96.3 Å². The molecule has 3 aliphatic rings. The second kappa shape index (κ2) is 50.7. The van der Waals surface area contributed by atoms with Crippen molar-refractivity contribution in [3.05, 3.63) is 72.9 Å². The quantitative estimate of drug-likeness (QED) is 0.0200. The number of unbranched alkanes of at least 4 members (excludes halogenated alkanes) is 23. The van der Waals surface area contributed by atoms with Crippen LogP contribution in [0.2, 0.25) is 0 Å². The van der Waals surface area contributed by atoms with Crippen LogP contribution < -0.4 is 5.32 Å². The van der Waals surface area contributed by atoms with Gasteiger partial charge in [-0.1, -0.05) is 228 Å². The molecule has 3 aliphatic heterocycles. The maximum atomic E-state index is 13.4. The average Bonchev–Trinajstić information content (AvgIpc) is 2.57. The predicted molar refractivity (Wildman–Crippen MR) is 341 cm³/mol. The molecule has 0 bridgehead atoms. The first-order valence-corrected chi connectivity index (χ1v) is 34.2. The molecule has 510 valence electrons. The Hall–Kier alpha value is -2.77. The molecule has 19 heteroatoms. The van der Waals surface area contributed by atoms with Crippen LogP contribution in [0.3, 0.4) is 0 Å². The number of aliphatic hydroxyl groups excluding tert-OH is 11. The highest BCUT2D eigenvalue weighted by Crippen LogP contribution is 2.33. The number of ether oxygens (including phenoxy) is 6. The third kappa shape index (κ3) is 32.7. The minimum Gasteiger partial charge on any atom is -0.394 e. The van der Waals surface area contributed by atoms with E-state index in [9.17, 15) is 61.0 Å². The molecule has 12 N–H and O–H groups in total. The topological polar surface area (TPSA) is 307 Å². The summed E-state index contributed by atoms with van der Waals surface area (Å²) >= 11 is 0. The fraction of sp³-hybridized carbons (Fsp3) is 0.812. The van der Waals surface area contributed by atoms with Gasteiger partial charge in [-0.05, 0) is 64.2 Å². The summed E-state index contributed by atoms with van der Waals surface area (Å²) in [6, 6.07) is -0.893. The van der Waals surface area contributed by atoms with Crippen LogP contribution in [-0.4, -0.2) is 193 Å². The van der Waals surface area contributed by atoms with Gasteiger partial charge in [-0.2, -0.15) is 0 Å². The van der Waals surface area contributed by atoms with Crippen molar-refractivity contribution in [3.8, 4) is 0 Å². The molecular weight excluding hydrogens is 1130 g/mol. The summed E-state index contributed by atoms with van der Waals surface area (Å²) in [6.07, 6.45) is 35.5. The summed E-state index contributed by atoms with van der Waals surface area (Å²) in [7, 11) is 0. The van der Waals surface area contributed by atoms with Gasteiger partial charge in [0.2, 0.25) is 5.91 Å². The number of carbonyl (C=O) groups excluding carboxylic acids is 1. The number of rotatable bonds is 51. The van der Waals surface area contributed by atoms with E-state index in [0.717, 1.165) is 96.3 Å². The fourth-order valence-electron chi connectivity index (χ4n) is 11.3. The zero-order valence-corrected chi connectivity index (χ0v) is 53.7. The van der Waals surface area contributed by atoms with E-state index < -0.39 is 124 Å². The summed E-state index contributed by atoms with van der Waals surface area (Å²) in [6.45, 7) is 1.67. The van der Waals surface area contributed by atoms with E-state index in [4.69, 9.17) is 28.4 Å².